The van der Waals surface area contributed by atoms with Crippen LogP contribution in [0.15, 0.2) is 138 Å². The smallest absolute Gasteiger partial charge is 0.137 e. The summed E-state index contributed by atoms with van der Waals surface area (Å²) >= 11 is 0. The Hall–Kier alpha value is -5.28. The van der Waals surface area contributed by atoms with Gasteiger partial charge in [-0.25, -0.2) is 0 Å². The molecule has 0 fully saturated rings. The first kappa shape index (κ1) is 22.5. The zero-order valence-electron chi connectivity index (χ0n) is 22.5. The van der Waals surface area contributed by atoms with E-state index in [4.69, 9.17) is 9.15 Å². The molecule has 0 unspecified atom stereocenters. The molecule has 0 atom stereocenters. The van der Waals surface area contributed by atoms with Crippen LogP contribution < -0.4 is 9.64 Å². The van der Waals surface area contributed by atoms with Crippen LogP contribution in [0, 0.1) is 0 Å². The summed E-state index contributed by atoms with van der Waals surface area (Å²) < 4.78 is 12.8. The molecule has 3 heteroatoms. The average molecular weight is 528 g/mol. The first-order valence-electron chi connectivity index (χ1n) is 14.0. The molecule has 0 saturated heterocycles. The molecule has 1 aliphatic heterocycles. The van der Waals surface area contributed by atoms with Crippen molar-refractivity contribution in [3.8, 4) is 22.6 Å². The van der Waals surface area contributed by atoms with Crippen LogP contribution >= 0.6 is 0 Å². The highest BCUT2D eigenvalue weighted by Crippen LogP contribution is 2.62. The van der Waals surface area contributed by atoms with E-state index in [0.717, 1.165) is 50.4 Å². The minimum atomic E-state index is -0.484. The lowest BCUT2D eigenvalue weighted by molar-refractivity contribution is 0.436. The zero-order chi connectivity index (χ0) is 27.1. The van der Waals surface area contributed by atoms with Gasteiger partial charge in [0.25, 0.3) is 0 Å². The van der Waals surface area contributed by atoms with Crippen molar-refractivity contribution in [1.29, 1.82) is 0 Å². The molecular weight excluding hydrogens is 502 g/mol. The summed E-state index contributed by atoms with van der Waals surface area (Å²) in [5, 5.41) is 2.24. The number of nitrogens with zero attached hydrogens (tertiary/aromatic N) is 1. The molecule has 7 aromatic rings. The standard InChI is InChI=1S/C38H25NO2/c1-39(32-17-10-20-36-37(32)27-13-4-8-18-33(27)40-36)24-21-22-35-31(23-24)38(30-16-7-9-19-34(30)41-35)28-14-5-2-11-25(28)26-12-3-6-15-29(26)38/h2-23H,1H3. The van der Waals surface area contributed by atoms with Gasteiger partial charge in [-0.2, -0.15) is 0 Å². The molecule has 1 aliphatic carbocycles. The summed E-state index contributed by atoms with van der Waals surface area (Å²) in [4.78, 5) is 2.27. The maximum atomic E-state index is 6.62. The van der Waals surface area contributed by atoms with Gasteiger partial charge in [-0.1, -0.05) is 91.0 Å². The Morgan fingerprint density at radius 3 is 1.98 bits per heavy atom. The number of rotatable bonds is 2. The first-order valence-corrected chi connectivity index (χ1v) is 14.0. The fourth-order valence-corrected chi connectivity index (χ4v) is 7.23. The lowest BCUT2D eigenvalue weighted by atomic mass is 9.66. The second-order valence-corrected chi connectivity index (χ2v) is 10.9. The third-order valence-corrected chi connectivity index (χ3v) is 8.96. The summed E-state index contributed by atoms with van der Waals surface area (Å²) in [6.45, 7) is 0. The predicted molar refractivity (Wildman–Crippen MR) is 166 cm³/mol. The first-order chi connectivity index (χ1) is 20.2. The van der Waals surface area contributed by atoms with Crippen LogP contribution in [0.5, 0.6) is 11.5 Å². The molecule has 194 valence electrons. The van der Waals surface area contributed by atoms with E-state index in [1.54, 1.807) is 0 Å². The Balaban J connectivity index is 1.32. The van der Waals surface area contributed by atoms with Gasteiger partial charge in [-0.05, 0) is 64.7 Å². The van der Waals surface area contributed by atoms with E-state index in [9.17, 15) is 0 Å². The molecular formula is C38H25NO2. The van der Waals surface area contributed by atoms with Crippen molar-refractivity contribution in [3.05, 3.63) is 156 Å². The molecule has 9 rings (SSSR count). The molecule has 0 amide bonds. The Kier molecular flexibility index (Phi) is 4.46. The molecule has 0 radical (unpaired) electrons. The topological polar surface area (TPSA) is 25.6 Å². The number of fused-ring (bicyclic) bond motifs is 12. The molecule has 1 spiro atoms. The number of hydrogen-bond donors (Lipinski definition) is 0. The van der Waals surface area contributed by atoms with Crippen molar-refractivity contribution < 1.29 is 9.15 Å². The van der Waals surface area contributed by atoms with Crippen LogP contribution in [0.4, 0.5) is 11.4 Å². The normalized spacial score (nSPS) is 13.9. The fraction of sp³-hybridized carbons (Fsp3) is 0.0526. The summed E-state index contributed by atoms with van der Waals surface area (Å²) in [6, 6.07) is 47.3. The van der Waals surface area contributed by atoms with Gasteiger partial charge in [0, 0.05) is 29.2 Å². The Morgan fingerprint density at radius 2 is 1.17 bits per heavy atom. The number of anilines is 2. The van der Waals surface area contributed by atoms with Crippen molar-refractivity contribution in [2.45, 2.75) is 5.41 Å². The Labute approximate surface area is 237 Å². The van der Waals surface area contributed by atoms with E-state index in [1.807, 2.05) is 18.2 Å². The summed E-state index contributed by atoms with van der Waals surface area (Å²) in [5.41, 5.74) is 11.0. The third-order valence-electron chi connectivity index (χ3n) is 8.96. The van der Waals surface area contributed by atoms with Crippen molar-refractivity contribution in [3.63, 3.8) is 0 Å². The Morgan fingerprint density at radius 1 is 0.537 bits per heavy atom. The van der Waals surface area contributed by atoms with E-state index in [1.165, 1.54) is 27.8 Å². The molecule has 0 bridgehead atoms. The lowest BCUT2D eigenvalue weighted by Gasteiger charge is -2.40. The highest BCUT2D eigenvalue weighted by molar-refractivity contribution is 6.12. The molecule has 1 aromatic heterocycles. The third kappa shape index (κ3) is 2.87. The molecule has 3 nitrogen and oxygen atoms in total. The summed E-state index contributed by atoms with van der Waals surface area (Å²) in [7, 11) is 2.14. The van der Waals surface area contributed by atoms with Gasteiger partial charge in [0.1, 0.15) is 22.7 Å². The van der Waals surface area contributed by atoms with E-state index in [0.29, 0.717) is 0 Å². The highest BCUT2D eigenvalue weighted by Gasteiger charge is 2.51. The molecule has 2 heterocycles. The fourth-order valence-electron chi connectivity index (χ4n) is 7.23. The number of benzene rings is 6. The van der Waals surface area contributed by atoms with Gasteiger partial charge in [0.05, 0.1) is 16.5 Å². The van der Waals surface area contributed by atoms with E-state index in [2.05, 4.69) is 127 Å². The van der Waals surface area contributed by atoms with Crippen molar-refractivity contribution in [1.82, 2.24) is 0 Å². The van der Waals surface area contributed by atoms with E-state index >= 15 is 0 Å². The van der Waals surface area contributed by atoms with Gasteiger partial charge in [0.2, 0.25) is 0 Å². The molecule has 0 N–H and O–H groups in total. The predicted octanol–water partition coefficient (Wildman–Crippen LogP) is 9.82. The van der Waals surface area contributed by atoms with Crippen LogP contribution in [0.3, 0.4) is 0 Å². The minimum absolute atomic E-state index is 0.484. The van der Waals surface area contributed by atoms with Crippen LogP contribution in [0.25, 0.3) is 33.1 Å². The van der Waals surface area contributed by atoms with Crippen molar-refractivity contribution >= 4 is 33.3 Å². The molecule has 41 heavy (non-hydrogen) atoms. The quantitative estimate of drug-likeness (QED) is 0.224. The minimum Gasteiger partial charge on any atom is -0.457 e. The van der Waals surface area contributed by atoms with Crippen molar-refractivity contribution in [2.24, 2.45) is 0 Å². The van der Waals surface area contributed by atoms with Gasteiger partial charge in [-0.3, -0.25) is 0 Å². The van der Waals surface area contributed by atoms with E-state index in [-0.39, 0.29) is 0 Å². The maximum absolute atomic E-state index is 6.62. The van der Waals surface area contributed by atoms with Gasteiger partial charge in [-0.15, -0.1) is 0 Å². The summed E-state index contributed by atoms with van der Waals surface area (Å²) in [5.74, 6) is 1.79. The summed E-state index contributed by atoms with van der Waals surface area (Å²) in [6.07, 6.45) is 0. The van der Waals surface area contributed by atoms with Crippen LogP contribution in [0.1, 0.15) is 22.3 Å². The number of ether oxygens (including phenoxy) is 1. The second-order valence-electron chi connectivity index (χ2n) is 10.9. The number of hydrogen-bond acceptors (Lipinski definition) is 3. The monoisotopic (exact) mass is 527 g/mol. The van der Waals surface area contributed by atoms with Gasteiger partial charge in [0.15, 0.2) is 0 Å². The molecule has 0 saturated carbocycles. The highest BCUT2D eigenvalue weighted by atomic mass is 16.5. The largest absolute Gasteiger partial charge is 0.457 e. The second kappa shape index (κ2) is 8.12. The van der Waals surface area contributed by atoms with Crippen LogP contribution in [-0.4, -0.2) is 7.05 Å². The number of furan rings is 1. The Bertz CT molecular complexity index is 2130. The van der Waals surface area contributed by atoms with Gasteiger partial charge >= 0.3 is 0 Å². The van der Waals surface area contributed by atoms with E-state index < -0.39 is 5.41 Å². The van der Waals surface area contributed by atoms with Crippen LogP contribution in [-0.2, 0) is 5.41 Å². The van der Waals surface area contributed by atoms with Gasteiger partial charge < -0.3 is 14.1 Å². The van der Waals surface area contributed by atoms with Crippen LogP contribution in [0.2, 0.25) is 0 Å². The lowest BCUT2D eigenvalue weighted by Crippen LogP contribution is -2.32. The molecule has 6 aromatic carbocycles. The zero-order valence-corrected chi connectivity index (χ0v) is 22.5. The number of para-hydroxylation sites is 2. The average Bonchev–Trinajstić information content (AvgIpc) is 3.55. The maximum Gasteiger partial charge on any atom is 0.137 e. The SMILES string of the molecule is CN(c1ccc2c(c1)C1(c3ccccc3O2)c2ccccc2-c2ccccc21)c1cccc2oc3ccccc3c12. The molecule has 2 aliphatic rings. The van der Waals surface area contributed by atoms with Crippen molar-refractivity contribution in [2.75, 3.05) is 11.9 Å².